The zero-order chi connectivity index (χ0) is 15.9. The molecule has 0 amide bonds. The molecule has 0 aliphatic rings. The summed E-state index contributed by atoms with van der Waals surface area (Å²) in [6, 6.07) is 0. The van der Waals surface area contributed by atoms with Gasteiger partial charge in [-0.1, -0.05) is 29.9 Å². The molecule has 0 bridgehead atoms. The van der Waals surface area contributed by atoms with Gasteiger partial charge < -0.3 is 5.73 Å². The van der Waals surface area contributed by atoms with E-state index in [0.717, 1.165) is 6.42 Å². The fourth-order valence-electron chi connectivity index (χ4n) is 1.72. The smallest absolute Gasteiger partial charge is 0.177 e. The summed E-state index contributed by atoms with van der Waals surface area (Å²) >= 11 is 0. The van der Waals surface area contributed by atoms with Crippen molar-refractivity contribution in [3.8, 4) is 0 Å². The normalized spacial score (nSPS) is 13.8. The summed E-state index contributed by atoms with van der Waals surface area (Å²) in [6.07, 6.45) is 8.94. The van der Waals surface area contributed by atoms with E-state index < -0.39 is 5.54 Å². The minimum absolute atomic E-state index is 0.0195. The second-order valence-electron chi connectivity index (χ2n) is 5.99. The molecule has 0 saturated carbocycles. The average molecular weight is 275 g/mol. The third-order valence-corrected chi connectivity index (χ3v) is 3.28. The molecule has 20 heavy (non-hydrogen) atoms. The van der Waals surface area contributed by atoms with Gasteiger partial charge >= 0.3 is 0 Å². The maximum Gasteiger partial charge on any atom is 0.177 e. The van der Waals surface area contributed by atoms with Crippen LogP contribution in [-0.4, -0.2) is 11.3 Å². The van der Waals surface area contributed by atoms with Crippen molar-refractivity contribution in [2.24, 2.45) is 5.73 Å². The van der Waals surface area contributed by atoms with Gasteiger partial charge in [-0.15, -0.1) is 0 Å². The molecule has 0 unspecified atom stereocenters. The summed E-state index contributed by atoms with van der Waals surface area (Å²) in [4.78, 5) is 12.0. The predicted molar refractivity (Wildman–Crippen MR) is 88.6 cm³/mol. The van der Waals surface area contributed by atoms with E-state index in [1.54, 1.807) is 13.8 Å². The standard InChI is InChI=1S/C18H29NO/c1-8-9-10-16(15(5)13(2)3)12-11-14(4)17(20)18(6,7)19/h8-9,11-12H,10,19H2,1-7H3/b9-8-,14-11+,16-12+. The van der Waals surface area contributed by atoms with Crippen LogP contribution in [0.1, 0.15) is 54.9 Å². The van der Waals surface area contributed by atoms with E-state index in [9.17, 15) is 4.79 Å². The zero-order valence-corrected chi connectivity index (χ0v) is 14.0. The lowest BCUT2D eigenvalue weighted by Crippen LogP contribution is -2.41. The molecule has 0 atom stereocenters. The molecular formula is C18H29NO. The highest BCUT2D eigenvalue weighted by atomic mass is 16.1. The Balaban J connectivity index is 5.41. The van der Waals surface area contributed by atoms with Crippen molar-refractivity contribution in [1.82, 2.24) is 0 Å². The number of ketones is 1. The second kappa shape index (κ2) is 8.01. The quantitative estimate of drug-likeness (QED) is 0.441. The van der Waals surface area contributed by atoms with E-state index in [1.165, 1.54) is 16.7 Å². The second-order valence-corrected chi connectivity index (χ2v) is 5.99. The Morgan fingerprint density at radius 2 is 1.65 bits per heavy atom. The molecule has 2 nitrogen and oxygen atoms in total. The van der Waals surface area contributed by atoms with Crippen molar-refractivity contribution in [3.05, 3.63) is 46.6 Å². The van der Waals surface area contributed by atoms with Crippen molar-refractivity contribution < 1.29 is 4.79 Å². The highest BCUT2D eigenvalue weighted by Crippen LogP contribution is 2.19. The lowest BCUT2D eigenvalue weighted by Gasteiger charge is -2.16. The van der Waals surface area contributed by atoms with Gasteiger partial charge in [0.25, 0.3) is 0 Å². The Kier molecular flexibility index (Phi) is 7.44. The number of hydrogen-bond acceptors (Lipinski definition) is 2. The fourth-order valence-corrected chi connectivity index (χ4v) is 1.72. The van der Waals surface area contributed by atoms with Gasteiger partial charge in [-0.2, -0.15) is 0 Å². The van der Waals surface area contributed by atoms with Gasteiger partial charge in [0, 0.05) is 0 Å². The van der Waals surface area contributed by atoms with Crippen LogP contribution in [0.4, 0.5) is 0 Å². The average Bonchev–Trinajstić information content (AvgIpc) is 2.35. The van der Waals surface area contributed by atoms with Crippen LogP contribution in [0.5, 0.6) is 0 Å². The van der Waals surface area contributed by atoms with Crippen LogP contribution >= 0.6 is 0 Å². The van der Waals surface area contributed by atoms with Crippen molar-refractivity contribution >= 4 is 5.78 Å². The summed E-state index contributed by atoms with van der Waals surface area (Å²) in [5, 5.41) is 0. The van der Waals surface area contributed by atoms with E-state index in [2.05, 4.69) is 26.8 Å². The Bertz CT molecular complexity index is 464. The van der Waals surface area contributed by atoms with Crippen LogP contribution in [0.15, 0.2) is 46.6 Å². The Hall–Kier alpha value is -1.41. The number of hydrogen-bond donors (Lipinski definition) is 1. The number of carbonyl (C=O) groups excluding carboxylic acids is 1. The van der Waals surface area contributed by atoms with Crippen LogP contribution in [0, 0.1) is 0 Å². The Morgan fingerprint density at radius 3 is 2.05 bits per heavy atom. The third-order valence-electron chi connectivity index (χ3n) is 3.28. The van der Waals surface area contributed by atoms with E-state index in [4.69, 9.17) is 5.73 Å². The minimum Gasteiger partial charge on any atom is -0.319 e. The summed E-state index contributed by atoms with van der Waals surface area (Å²) in [5.74, 6) is -0.0195. The summed E-state index contributed by atoms with van der Waals surface area (Å²) in [6.45, 7) is 13.6. The number of nitrogens with two attached hydrogens (primary N) is 1. The van der Waals surface area contributed by atoms with Crippen LogP contribution < -0.4 is 5.73 Å². The molecule has 0 saturated heterocycles. The van der Waals surface area contributed by atoms with Crippen LogP contribution in [0.3, 0.4) is 0 Å². The van der Waals surface area contributed by atoms with Gasteiger partial charge in [-0.3, -0.25) is 4.79 Å². The summed E-state index contributed by atoms with van der Waals surface area (Å²) in [7, 11) is 0. The van der Waals surface area contributed by atoms with Gasteiger partial charge in [0.1, 0.15) is 0 Å². The molecule has 2 heteroatoms. The Labute approximate surface area is 124 Å². The molecule has 0 heterocycles. The molecule has 0 fully saturated rings. The number of rotatable bonds is 6. The number of allylic oxidation sites excluding steroid dienone is 7. The minimum atomic E-state index is -0.816. The summed E-state index contributed by atoms with van der Waals surface area (Å²) < 4.78 is 0. The van der Waals surface area contributed by atoms with Crippen LogP contribution in [0.25, 0.3) is 0 Å². The molecule has 2 N–H and O–H groups in total. The van der Waals surface area contributed by atoms with Crippen molar-refractivity contribution in [2.45, 2.75) is 60.4 Å². The monoisotopic (exact) mass is 275 g/mol. The maximum atomic E-state index is 12.0. The first kappa shape index (κ1) is 18.6. The first-order chi connectivity index (χ1) is 9.11. The van der Waals surface area contributed by atoms with Gasteiger partial charge in [-0.25, -0.2) is 0 Å². The SMILES string of the molecule is C/C=C\C/C(=C\C=C(/C)C(=O)C(C)(C)N)C(C)=C(C)C. The zero-order valence-electron chi connectivity index (χ0n) is 14.0. The van der Waals surface area contributed by atoms with E-state index in [0.29, 0.717) is 5.57 Å². The lowest BCUT2D eigenvalue weighted by molar-refractivity contribution is -0.119. The van der Waals surface area contributed by atoms with Crippen molar-refractivity contribution in [1.29, 1.82) is 0 Å². The van der Waals surface area contributed by atoms with Crippen molar-refractivity contribution in [2.75, 3.05) is 0 Å². The topological polar surface area (TPSA) is 43.1 Å². The van der Waals surface area contributed by atoms with Crippen molar-refractivity contribution in [3.63, 3.8) is 0 Å². The van der Waals surface area contributed by atoms with E-state index >= 15 is 0 Å². The molecule has 0 aromatic rings. The molecule has 0 aliphatic heterocycles. The molecule has 0 aromatic heterocycles. The highest BCUT2D eigenvalue weighted by Gasteiger charge is 2.22. The van der Waals surface area contributed by atoms with Crippen LogP contribution in [-0.2, 0) is 4.79 Å². The molecule has 0 aliphatic carbocycles. The molecule has 0 rings (SSSR count). The lowest BCUT2D eigenvalue weighted by atomic mass is 9.93. The Morgan fingerprint density at radius 1 is 1.10 bits per heavy atom. The van der Waals surface area contributed by atoms with Gasteiger partial charge in [0.2, 0.25) is 0 Å². The number of Topliss-reactive ketones (excluding diaryl/α,β-unsaturated/α-hetero) is 1. The molecule has 0 aromatic carbocycles. The van der Waals surface area contributed by atoms with Gasteiger partial charge in [0.05, 0.1) is 5.54 Å². The van der Waals surface area contributed by atoms with E-state index in [1.807, 2.05) is 32.1 Å². The van der Waals surface area contributed by atoms with E-state index in [-0.39, 0.29) is 5.78 Å². The number of carbonyl (C=O) groups is 1. The molecule has 0 radical (unpaired) electrons. The first-order valence-electron chi connectivity index (χ1n) is 7.08. The molecule has 0 spiro atoms. The largest absolute Gasteiger partial charge is 0.319 e. The molecule has 112 valence electrons. The highest BCUT2D eigenvalue weighted by molar-refractivity contribution is 6.01. The maximum absolute atomic E-state index is 12.0. The van der Waals surface area contributed by atoms with Crippen LogP contribution in [0.2, 0.25) is 0 Å². The predicted octanol–water partition coefficient (Wildman–Crippen LogP) is 4.49. The molecular weight excluding hydrogens is 246 g/mol. The van der Waals surface area contributed by atoms with Gasteiger partial charge in [0.15, 0.2) is 5.78 Å². The first-order valence-corrected chi connectivity index (χ1v) is 7.08. The third kappa shape index (κ3) is 6.16. The van der Waals surface area contributed by atoms with Gasteiger partial charge in [-0.05, 0) is 71.6 Å². The fraction of sp³-hybridized carbons (Fsp3) is 0.500. The summed E-state index contributed by atoms with van der Waals surface area (Å²) in [5.41, 5.74) is 9.50.